The molecule has 7 nitrogen and oxygen atoms in total. The fourth-order valence-corrected chi connectivity index (χ4v) is 5.51. The third kappa shape index (κ3) is 4.52. The fraction of sp³-hybridized carbons (Fsp3) is 0.538. The molecule has 130 valence electrons. The lowest BCUT2D eigenvalue weighted by atomic mass is 10.1. The highest BCUT2D eigenvalue weighted by Crippen LogP contribution is 2.26. The van der Waals surface area contributed by atoms with Crippen molar-refractivity contribution in [3.05, 3.63) is 28.2 Å². The summed E-state index contributed by atoms with van der Waals surface area (Å²) in [5, 5.41) is 0. The molecule has 1 aromatic carbocycles. The molecular formula is C13H20BrN3O4S2. The summed E-state index contributed by atoms with van der Waals surface area (Å²) in [5.74, 6) is 0. The number of benzene rings is 1. The molecule has 0 amide bonds. The van der Waals surface area contributed by atoms with Crippen molar-refractivity contribution in [2.45, 2.75) is 30.7 Å². The smallest absolute Gasteiger partial charge is 0.207 e. The van der Waals surface area contributed by atoms with Crippen molar-refractivity contribution >= 4 is 36.2 Å². The lowest BCUT2D eigenvalue weighted by molar-refractivity contribution is 0.308. The largest absolute Gasteiger partial charge is 0.276 e. The summed E-state index contributed by atoms with van der Waals surface area (Å²) in [5.41, 5.74) is 0.686. The van der Waals surface area contributed by atoms with E-state index in [1.165, 1.54) is 11.4 Å². The predicted molar refractivity (Wildman–Crippen MR) is 91.8 cm³/mol. The van der Waals surface area contributed by atoms with E-state index in [0.717, 1.165) is 0 Å². The molecule has 10 heteroatoms. The van der Waals surface area contributed by atoms with E-state index in [0.29, 0.717) is 22.9 Å². The minimum absolute atomic E-state index is 0.262. The van der Waals surface area contributed by atoms with Crippen LogP contribution in [0, 0.1) is 6.92 Å². The van der Waals surface area contributed by atoms with Gasteiger partial charge in [-0.05, 0) is 37.5 Å². The molecule has 0 aliphatic carbocycles. The Labute approximate surface area is 145 Å². The van der Waals surface area contributed by atoms with Gasteiger partial charge < -0.3 is 0 Å². The number of sulfonamides is 1. The highest BCUT2D eigenvalue weighted by atomic mass is 79.9. The van der Waals surface area contributed by atoms with Crippen LogP contribution < -0.4 is 9.44 Å². The maximum Gasteiger partial charge on any atom is 0.276 e. The van der Waals surface area contributed by atoms with Gasteiger partial charge >= 0.3 is 0 Å². The van der Waals surface area contributed by atoms with Gasteiger partial charge in [-0.25, -0.2) is 13.1 Å². The molecule has 1 aliphatic rings. The van der Waals surface area contributed by atoms with Crippen molar-refractivity contribution in [3.63, 3.8) is 0 Å². The molecule has 2 N–H and O–H groups in total. The Bertz CT molecular complexity index is 772. The summed E-state index contributed by atoms with van der Waals surface area (Å²) in [6, 6.07) is 4.89. The Morgan fingerprint density at radius 2 is 1.78 bits per heavy atom. The molecule has 1 aromatic rings. The zero-order valence-corrected chi connectivity index (χ0v) is 16.1. The minimum atomic E-state index is -3.58. The second-order valence-corrected chi connectivity index (χ2v) is 9.89. The molecule has 0 saturated carbocycles. The maximum atomic E-state index is 12.8. The van der Waals surface area contributed by atoms with Crippen LogP contribution in [-0.4, -0.2) is 47.3 Å². The van der Waals surface area contributed by atoms with E-state index in [1.54, 1.807) is 25.1 Å². The summed E-state index contributed by atoms with van der Waals surface area (Å²) >= 11 is 3.30. The number of piperidine rings is 1. The Hall–Kier alpha value is -0.520. The van der Waals surface area contributed by atoms with E-state index in [4.69, 9.17) is 0 Å². The monoisotopic (exact) mass is 425 g/mol. The van der Waals surface area contributed by atoms with Gasteiger partial charge in [-0.2, -0.15) is 17.4 Å². The number of hydrogen-bond acceptors (Lipinski definition) is 4. The Morgan fingerprint density at radius 3 is 2.35 bits per heavy atom. The minimum Gasteiger partial charge on any atom is -0.207 e. The molecule has 0 radical (unpaired) electrons. The molecule has 1 saturated heterocycles. The number of nitrogens with one attached hydrogen (secondary N) is 2. The van der Waals surface area contributed by atoms with Gasteiger partial charge in [0, 0.05) is 30.7 Å². The highest BCUT2D eigenvalue weighted by molar-refractivity contribution is 9.10. The summed E-state index contributed by atoms with van der Waals surface area (Å²) in [7, 11) is -5.76. The third-order valence-corrected chi connectivity index (χ3v) is 7.53. The van der Waals surface area contributed by atoms with Crippen LogP contribution in [-0.2, 0) is 20.2 Å². The van der Waals surface area contributed by atoms with E-state index < -0.39 is 20.2 Å². The van der Waals surface area contributed by atoms with Crippen molar-refractivity contribution < 1.29 is 16.8 Å². The van der Waals surface area contributed by atoms with Gasteiger partial charge in [0.25, 0.3) is 10.2 Å². The summed E-state index contributed by atoms with van der Waals surface area (Å²) in [6.07, 6.45) is 0.875. The second-order valence-electron chi connectivity index (χ2n) is 5.41. The number of rotatable bonds is 5. The number of nitrogens with zero attached hydrogens (tertiary/aromatic N) is 1. The Balaban J connectivity index is 2.11. The van der Waals surface area contributed by atoms with Gasteiger partial charge in [0.05, 0.1) is 4.90 Å². The van der Waals surface area contributed by atoms with Crippen LogP contribution in [0.15, 0.2) is 27.6 Å². The summed E-state index contributed by atoms with van der Waals surface area (Å²) in [6.45, 7) is 2.32. The standard InChI is InChI=1S/C13H20BrN3O4S2/c1-10-3-4-11(14)9-13(10)22(18,19)17-7-5-12(6-8-17)16-23(20,21)15-2/h3-4,9,12,15-16H,5-8H2,1-2H3. The van der Waals surface area contributed by atoms with Crippen molar-refractivity contribution in [3.8, 4) is 0 Å². The average molecular weight is 426 g/mol. The zero-order valence-electron chi connectivity index (χ0n) is 12.9. The Morgan fingerprint density at radius 1 is 1.17 bits per heavy atom. The molecule has 1 heterocycles. The van der Waals surface area contributed by atoms with Crippen LogP contribution in [0.3, 0.4) is 0 Å². The first-order chi connectivity index (χ1) is 10.7. The van der Waals surface area contributed by atoms with Gasteiger partial charge in [0.15, 0.2) is 0 Å². The lowest BCUT2D eigenvalue weighted by Crippen LogP contribution is -2.48. The van der Waals surface area contributed by atoms with Crippen LogP contribution >= 0.6 is 15.9 Å². The quantitative estimate of drug-likeness (QED) is 0.734. The van der Waals surface area contributed by atoms with Crippen molar-refractivity contribution in [1.29, 1.82) is 0 Å². The first kappa shape index (κ1) is 18.8. The normalized spacial score (nSPS) is 18.2. The van der Waals surface area contributed by atoms with Crippen LogP contribution in [0.4, 0.5) is 0 Å². The van der Waals surface area contributed by atoms with Gasteiger partial charge in [-0.3, -0.25) is 0 Å². The molecule has 2 rings (SSSR count). The van der Waals surface area contributed by atoms with E-state index in [9.17, 15) is 16.8 Å². The SMILES string of the molecule is CNS(=O)(=O)NC1CCN(S(=O)(=O)c2cc(Br)ccc2C)CC1. The van der Waals surface area contributed by atoms with Crippen molar-refractivity contribution in [1.82, 2.24) is 13.7 Å². The molecule has 1 fully saturated rings. The second kappa shape index (κ2) is 7.16. The molecule has 0 atom stereocenters. The Kier molecular flexibility index (Phi) is 5.85. The molecule has 0 spiro atoms. The van der Waals surface area contributed by atoms with Crippen molar-refractivity contribution in [2.75, 3.05) is 20.1 Å². The van der Waals surface area contributed by atoms with Gasteiger partial charge in [-0.15, -0.1) is 0 Å². The predicted octanol–water partition coefficient (Wildman–Crippen LogP) is 0.964. The summed E-state index contributed by atoms with van der Waals surface area (Å²) < 4.78 is 55.3. The number of aryl methyl sites for hydroxylation is 1. The molecular weight excluding hydrogens is 406 g/mol. The molecule has 23 heavy (non-hydrogen) atoms. The van der Waals surface area contributed by atoms with E-state index in [1.807, 2.05) is 0 Å². The highest BCUT2D eigenvalue weighted by Gasteiger charge is 2.31. The molecule has 1 aliphatic heterocycles. The van der Waals surface area contributed by atoms with E-state index >= 15 is 0 Å². The van der Waals surface area contributed by atoms with Gasteiger partial charge in [0.1, 0.15) is 0 Å². The lowest BCUT2D eigenvalue weighted by Gasteiger charge is -2.31. The van der Waals surface area contributed by atoms with Crippen LogP contribution in [0.2, 0.25) is 0 Å². The third-order valence-electron chi connectivity index (χ3n) is 3.81. The van der Waals surface area contributed by atoms with E-state index in [-0.39, 0.29) is 24.0 Å². The van der Waals surface area contributed by atoms with Crippen LogP contribution in [0.1, 0.15) is 18.4 Å². The summed E-state index contributed by atoms with van der Waals surface area (Å²) in [4.78, 5) is 0.279. The van der Waals surface area contributed by atoms with Gasteiger partial charge in [-0.1, -0.05) is 22.0 Å². The molecule has 0 bridgehead atoms. The first-order valence-electron chi connectivity index (χ1n) is 7.13. The van der Waals surface area contributed by atoms with Crippen LogP contribution in [0.25, 0.3) is 0 Å². The molecule has 0 unspecified atom stereocenters. The molecule has 0 aromatic heterocycles. The van der Waals surface area contributed by atoms with Crippen molar-refractivity contribution in [2.24, 2.45) is 0 Å². The van der Waals surface area contributed by atoms with E-state index in [2.05, 4.69) is 25.4 Å². The number of halogens is 1. The maximum absolute atomic E-state index is 12.8. The number of hydrogen-bond donors (Lipinski definition) is 2. The first-order valence-corrected chi connectivity index (χ1v) is 10.8. The zero-order chi connectivity index (χ0) is 17.3. The fourth-order valence-electron chi connectivity index (χ4n) is 2.48. The van der Waals surface area contributed by atoms with Gasteiger partial charge in [0.2, 0.25) is 10.0 Å². The topological polar surface area (TPSA) is 95.6 Å². The average Bonchev–Trinajstić information content (AvgIpc) is 2.50. The van der Waals surface area contributed by atoms with Crippen LogP contribution in [0.5, 0.6) is 0 Å².